The fourth-order valence-corrected chi connectivity index (χ4v) is 3.20. The van der Waals surface area contributed by atoms with Crippen LogP contribution in [0.5, 0.6) is 0 Å². The quantitative estimate of drug-likeness (QED) is 0.887. The molecule has 2 rings (SSSR count). The Morgan fingerprint density at radius 2 is 2.04 bits per heavy atom. The second kappa shape index (κ2) is 7.28. The van der Waals surface area contributed by atoms with Crippen LogP contribution >= 0.6 is 11.3 Å². The summed E-state index contributed by atoms with van der Waals surface area (Å²) in [6.45, 7) is 10.9. The monoisotopic (exact) mass is 335 g/mol. The maximum absolute atomic E-state index is 12.5. The number of rotatable bonds is 5. The second-order valence-corrected chi connectivity index (χ2v) is 7.34. The summed E-state index contributed by atoms with van der Waals surface area (Å²) < 4.78 is 0. The molecular weight excluding hydrogens is 310 g/mol. The minimum atomic E-state index is -0.825. The van der Waals surface area contributed by atoms with Crippen molar-refractivity contribution in [2.75, 3.05) is 31.1 Å². The van der Waals surface area contributed by atoms with Crippen LogP contribution < -0.4 is 10.2 Å². The van der Waals surface area contributed by atoms with Crippen molar-refractivity contribution >= 4 is 22.4 Å². The molecule has 126 valence electrons. The maximum atomic E-state index is 12.5. The van der Waals surface area contributed by atoms with E-state index in [0.717, 1.165) is 31.3 Å². The van der Waals surface area contributed by atoms with Crippen LogP contribution in [0.25, 0.3) is 0 Å². The predicted octanol–water partition coefficient (Wildman–Crippen LogP) is 1.71. The van der Waals surface area contributed by atoms with Gasteiger partial charge in [-0.1, -0.05) is 13.8 Å². The van der Waals surface area contributed by atoms with Crippen molar-refractivity contribution in [1.29, 1.82) is 5.26 Å². The van der Waals surface area contributed by atoms with Crippen molar-refractivity contribution in [3.8, 4) is 6.07 Å². The highest BCUT2D eigenvalue weighted by atomic mass is 32.1. The van der Waals surface area contributed by atoms with Crippen LogP contribution in [0.3, 0.4) is 0 Å². The number of anilines is 1. The van der Waals surface area contributed by atoms with E-state index in [9.17, 15) is 10.1 Å². The van der Waals surface area contributed by atoms with Crippen LogP contribution in [0.15, 0.2) is 11.6 Å². The minimum Gasteiger partial charge on any atom is -0.346 e. The van der Waals surface area contributed by atoms with E-state index in [1.807, 2.05) is 32.3 Å². The number of thiazole rings is 1. The molecule has 2 heterocycles. The molecule has 2 unspecified atom stereocenters. The van der Waals surface area contributed by atoms with Gasteiger partial charge < -0.3 is 10.2 Å². The van der Waals surface area contributed by atoms with Crippen molar-refractivity contribution in [1.82, 2.24) is 15.2 Å². The summed E-state index contributed by atoms with van der Waals surface area (Å²) in [5, 5.41) is 15.3. The van der Waals surface area contributed by atoms with Gasteiger partial charge in [-0.2, -0.15) is 5.26 Å². The number of carbonyl (C=O) groups excluding carboxylic acids is 1. The molecular formula is C16H25N5OS. The summed E-state index contributed by atoms with van der Waals surface area (Å²) >= 11 is 1.64. The molecule has 1 saturated heterocycles. The van der Waals surface area contributed by atoms with Crippen LogP contribution in [0, 0.1) is 17.2 Å². The third-order valence-corrected chi connectivity index (χ3v) is 5.53. The third kappa shape index (κ3) is 4.01. The highest BCUT2D eigenvalue weighted by molar-refractivity contribution is 7.13. The van der Waals surface area contributed by atoms with Crippen molar-refractivity contribution in [2.24, 2.45) is 5.92 Å². The number of hydrogen-bond donors (Lipinski definition) is 1. The first-order valence-corrected chi connectivity index (χ1v) is 8.87. The summed E-state index contributed by atoms with van der Waals surface area (Å²) in [7, 11) is 0. The Bertz CT molecular complexity index is 560. The average molecular weight is 335 g/mol. The molecule has 1 aromatic rings. The largest absolute Gasteiger partial charge is 0.346 e. The zero-order valence-corrected chi connectivity index (χ0v) is 15.1. The molecule has 1 aromatic heterocycles. The van der Waals surface area contributed by atoms with Gasteiger partial charge in [0.25, 0.3) is 0 Å². The number of nitrogens with zero attached hydrogens (tertiary/aromatic N) is 4. The van der Waals surface area contributed by atoms with Gasteiger partial charge in [-0.15, -0.1) is 11.3 Å². The smallest absolute Gasteiger partial charge is 0.238 e. The van der Waals surface area contributed by atoms with Gasteiger partial charge in [0.05, 0.1) is 12.1 Å². The van der Waals surface area contributed by atoms with Gasteiger partial charge in [-0.05, 0) is 19.8 Å². The van der Waals surface area contributed by atoms with Gasteiger partial charge >= 0.3 is 0 Å². The SMILES string of the molecule is CC(C(=O)NC(C)(C#N)C(C)C)N1CCN(c2nccs2)CC1. The number of nitriles is 1. The molecule has 2 atom stereocenters. The van der Waals surface area contributed by atoms with Gasteiger partial charge in [0.15, 0.2) is 5.13 Å². The summed E-state index contributed by atoms with van der Waals surface area (Å²) in [4.78, 5) is 21.3. The molecule has 0 bridgehead atoms. The Labute approximate surface area is 142 Å². The van der Waals surface area contributed by atoms with E-state index in [4.69, 9.17) is 0 Å². The number of hydrogen-bond acceptors (Lipinski definition) is 6. The van der Waals surface area contributed by atoms with Crippen molar-refractivity contribution < 1.29 is 4.79 Å². The fourth-order valence-electron chi connectivity index (χ4n) is 2.50. The van der Waals surface area contributed by atoms with Crippen LogP contribution in [0.2, 0.25) is 0 Å². The molecule has 1 N–H and O–H groups in total. The lowest BCUT2D eigenvalue weighted by Crippen LogP contribution is -2.58. The maximum Gasteiger partial charge on any atom is 0.238 e. The normalized spacial score (nSPS) is 19.9. The molecule has 6 nitrogen and oxygen atoms in total. The van der Waals surface area contributed by atoms with Gasteiger partial charge in [-0.25, -0.2) is 4.98 Å². The molecule has 1 fully saturated rings. The molecule has 1 aliphatic rings. The summed E-state index contributed by atoms with van der Waals surface area (Å²) in [5.74, 6) is -0.0177. The highest BCUT2D eigenvalue weighted by Gasteiger charge is 2.34. The number of aromatic nitrogens is 1. The molecule has 7 heteroatoms. The predicted molar refractivity (Wildman–Crippen MR) is 92.4 cm³/mol. The summed E-state index contributed by atoms with van der Waals surface area (Å²) in [6, 6.07) is 1.99. The summed E-state index contributed by atoms with van der Waals surface area (Å²) in [6.07, 6.45) is 1.82. The van der Waals surface area contributed by atoms with Gasteiger partial charge in [0.1, 0.15) is 5.54 Å². The van der Waals surface area contributed by atoms with Gasteiger partial charge in [-0.3, -0.25) is 9.69 Å². The van der Waals surface area contributed by atoms with Gasteiger partial charge in [0.2, 0.25) is 5.91 Å². The number of amides is 1. The van der Waals surface area contributed by atoms with Crippen LogP contribution in [-0.2, 0) is 4.79 Å². The Morgan fingerprint density at radius 1 is 1.39 bits per heavy atom. The standard InChI is InChI=1S/C16H25N5OS/c1-12(2)16(4,11-17)19-14(22)13(3)20-6-8-21(9-7-20)15-18-5-10-23-15/h5,10,12-13H,6-9H2,1-4H3,(H,19,22). The van der Waals surface area contributed by atoms with Crippen molar-refractivity contribution in [2.45, 2.75) is 39.3 Å². The zero-order chi connectivity index (χ0) is 17.0. The molecule has 0 radical (unpaired) electrons. The Balaban J connectivity index is 1.90. The van der Waals surface area contributed by atoms with Gasteiger partial charge in [0, 0.05) is 37.8 Å². The lowest BCUT2D eigenvalue weighted by molar-refractivity contribution is -0.127. The number of piperazine rings is 1. The van der Waals surface area contributed by atoms with Crippen LogP contribution in [-0.4, -0.2) is 53.6 Å². The van der Waals surface area contributed by atoms with E-state index >= 15 is 0 Å². The lowest BCUT2D eigenvalue weighted by atomic mass is 9.89. The molecule has 0 aromatic carbocycles. The second-order valence-electron chi connectivity index (χ2n) is 6.47. The molecule has 0 saturated carbocycles. The van der Waals surface area contributed by atoms with E-state index in [0.29, 0.717) is 0 Å². The Morgan fingerprint density at radius 3 is 2.52 bits per heavy atom. The van der Waals surface area contributed by atoms with E-state index < -0.39 is 5.54 Å². The van der Waals surface area contributed by atoms with E-state index in [2.05, 4.69) is 26.2 Å². The van der Waals surface area contributed by atoms with E-state index in [1.165, 1.54) is 0 Å². The molecule has 1 amide bonds. The van der Waals surface area contributed by atoms with E-state index in [1.54, 1.807) is 18.3 Å². The van der Waals surface area contributed by atoms with Crippen LogP contribution in [0.1, 0.15) is 27.7 Å². The minimum absolute atomic E-state index is 0.0606. The first-order valence-electron chi connectivity index (χ1n) is 7.99. The number of nitrogens with one attached hydrogen (secondary N) is 1. The Kier molecular flexibility index (Phi) is 5.60. The molecule has 1 aliphatic heterocycles. The lowest BCUT2D eigenvalue weighted by Gasteiger charge is -2.38. The first-order chi connectivity index (χ1) is 10.9. The zero-order valence-electron chi connectivity index (χ0n) is 14.2. The fraction of sp³-hybridized carbons (Fsp3) is 0.688. The molecule has 0 aliphatic carbocycles. The third-order valence-electron chi connectivity index (χ3n) is 4.70. The first kappa shape index (κ1) is 17.7. The molecule has 0 spiro atoms. The highest BCUT2D eigenvalue weighted by Crippen LogP contribution is 2.20. The van der Waals surface area contributed by atoms with Crippen molar-refractivity contribution in [3.63, 3.8) is 0 Å². The van der Waals surface area contributed by atoms with E-state index in [-0.39, 0.29) is 17.9 Å². The average Bonchev–Trinajstić information content (AvgIpc) is 3.08. The molecule has 23 heavy (non-hydrogen) atoms. The topological polar surface area (TPSA) is 72.3 Å². The van der Waals surface area contributed by atoms with Crippen LogP contribution in [0.4, 0.5) is 5.13 Å². The Hall–Kier alpha value is -1.65. The summed E-state index contributed by atoms with van der Waals surface area (Å²) in [5.41, 5.74) is -0.825. The number of carbonyl (C=O) groups is 1. The van der Waals surface area contributed by atoms with Crippen molar-refractivity contribution in [3.05, 3.63) is 11.6 Å².